The lowest BCUT2D eigenvalue weighted by Gasteiger charge is -2.18. The smallest absolute Gasteiger partial charge is 0.333 e. The number of nitrogens with zero attached hydrogens (tertiary/aromatic N) is 4. The molecule has 0 fully saturated rings. The van der Waals surface area contributed by atoms with Crippen LogP contribution in [-0.2, 0) is 11.8 Å². The Hall–Kier alpha value is -3.04. The maximum Gasteiger partial charge on any atom is 0.333 e. The molecular weight excluding hydrogens is 324 g/mol. The van der Waals surface area contributed by atoms with Crippen LogP contribution in [-0.4, -0.2) is 34.2 Å². The number of anilines is 2. The van der Waals surface area contributed by atoms with Gasteiger partial charge < -0.3 is 10.2 Å². The molecule has 0 radical (unpaired) electrons. The number of aryl methyl sites for hydroxylation is 2. The zero-order valence-corrected chi connectivity index (χ0v) is 13.2. The monoisotopic (exact) mass is 339 g/mol. The number of carbonyl (C=O) groups is 1. The van der Waals surface area contributed by atoms with Crippen LogP contribution in [0.25, 0.3) is 0 Å². The fraction of sp³-hybridized carbons (Fsp3) is 0.286. The summed E-state index contributed by atoms with van der Waals surface area (Å²) < 4.78 is 27.5. The van der Waals surface area contributed by atoms with E-state index >= 15 is 0 Å². The Morgan fingerprint density at radius 2 is 1.96 bits per heavy atom. The Labute approximate surface area is 135 Å². The normalized spacial score (nSPS) is 10.5. The highest BCUT2D eigenvalue weighted by atomic mass is 19.1. The van der Waals surface area contributed by atoms with E-state index in [1.165, 1.54) is 30.6 Å². The van der Waals surface area contributed by atoms with Crippen molar-refractivity contribution in [3.05, 3.63) is 45.6 Å². The third-order valence-electron chi connectivity index (χ3n) is 3.23. The van der Waals surface area contributed by atoms with Crippen molar-refractivity contribution in [2.75, 3.05) is 23.8 Å². The number of likely N-dealkylation sites (N-methyl/N-ethyl adjacent to an activating group) is 1. The molecule has 8 nitrogen and oxygen atoms in total. The van der Waals surface area contributed by atoms with Crippen LogP contribution in [0.15, 0.2) is 18.2 Å². The van der Waals surface area contributed by atoms with Gasteiger partial charge in [-0.2, -0.15) is 5.10 Å². The van der Waals surface area contributed by atoms with Crippen molar-refractivity contribution in [1.29, 1.82) is 0 Å². The maximum atomic E-state index is 13.1. The highest BCUT2D eigenvalue weighted by Crippen LogP contribution is 2.29. The molecule has 1 amide bonds. The fourth-order valence-electron chi connectivity index (χ4n) is 2.39. The number of nitro groups is 1. The molecule has 2 aromatic rings. The Kier molecular flexibility index (Phi) is 4.77. The second-order valence-corrected chi connectivity index (χ2v) is 5.20. The lowest BCUT2D eigenvalue weighted by Crippen LogP contribution is -2.31. The van der Waals surface area contributed by atoms with E-state index in [9.17, 15) is 23.7 Å². The molecule has 0 aliphatic carbocycles. The van der Waals surface area contributed by atoms with E-state index in [1.807, 2.05) is 0 Å². The van der Waals surface area contributed by atoms with E-state index in [2.05, 4.69) is 10.4 Å². The van der Waals surface area contributed by atoms with Gasteiger partial charge in [0.25, 0.3) is 0 Å². The summed E-state index contributed by atoms with van der Waals surface area (Å²) in [5.74, 6) is -2.08. The van der Waals surface area contributed by atoms with E-state index in [-0.39, 0.29) is 29.4 Å². The molecule has 0 unspecified atom stereocenters. The van der Waals surface area contributed by atoms with E-state index in [0.29, 0.717) is 6.07 Å². The number of rotatable bonds is 5. The Morgan fingerprint density at radius 3 is 2.50 bits per heavy atom. The van der Waals surface area contributed by atoms with Gasteiger partial charge in [-0.15, -0.1) is 0 Å². The lowest BCUT2D eigenvalue weighted by molar-refractivity contribution is -0.384. The first-order valence-electron chi connectivity index (χ1n) is 6.84. The third kappa shape index (κ3) is 3.65. The second kappa shape index (κ2) is 6.60. The molecule has 1 aromatic heterocycles. The molecule has 10 heteroatoms. The number of halogens is 2. The van der Waals surface area contributed by atoms with E-state index in [4.69, 9.17) is 0 Å². The predicted molar refractivity (Wildman–Crippen MR) is 82.9 cm³/mol. The van der Waals surface area contributed by atoms with Gasteiger partial charge in [0, 0.05) is 25.8 Å². The van der Waals surface area contributed by atoms with Crippen LogP contribution in [0.3, 0.4) is 0 Å². The van der Waals surface area contributed by atoms with Crippen LogP contribution >= 0.6 is 0 Å². The number of benzene rings is 1. The number of amides is 1. The van der Waals surface area contributed by atoms with Crippen molar-refractivity contribution in [3.63, 3.8) is 0 Å². The van der Waals surface area contributed by atoms with Gasteiger partial charge in [0.15, 0.2) is 0 Å². The summed E-state index contributed by atoms with van der Waals surface area (Å²) in [6.07, 6.45) is 0. The average Bonchev–Trinajstić information content (AvgIpc) is 2.71. The number of hydrogen-bond acceptors (Lipinski definition) is 5. The molecule has 0 spiro atoms. The molecule has 0 atom stereocenters. The van der Waals surface area contributed by atoms with Gasteiger partial charge >= 0.3 is 5.69 Å². The van der Waals surface area contributed by atoms with Gasteiger partial charge in [-0.05, 0) is 19.1 Å². The topological polar surface area (TPSA) is 93.3 Å². The van der Waals surface area contributed by atoms with Gasteiger partial charge in [0.2, 0.25) is 11.7 Å². The maximum absolute atomic E-state index is 13.1. The summed E-state index contributed by atoms with van der Waals surface area (Å²) in [6.45, 7) is 1.23. The van der Waals surface area contributed by atoms with Crippen molar-refractivity contribution >= 4 is 23.1 Å². The minimum atomic E-state index is -0.823. The molecule has 0 bridgehead atoms. The minimum Gasteiger partial charge on any atom is -0.345 e. The van der Waals surface area contributed by atoms with Crippen LogP contribution in [0.5, 0.6) is 0 Å². The van der Waals surface area contributed by atoms with Crippen LogP contribution < -0.4 is 10.2 Å². The molecule has 0 aliphatic heterocycles. The van der Waals surface area contributed by atoms with Gasteiger partial charge in [-0.1, -0.05) is 0 Å². The van der Waals surface area contributed by atoms with Crippen molar-refractivity contribution in [2.24, 2.45) is 7.05 Å². The summed E-state index contributed by atoms with van der Waals surface area (Å²) in [7, 11) is 3.00. The molecule has 0 aliphatic rings. The first-order valence-corrected chi connectivity index (χ1v) is 6.84. The second-order valence-electron chi connectivity index (χ2n) is 5.20. The number of aromatic nitrogens is 2. The molecule has 1 heterocycles. The molecule has 128 valence electrons. The van der Waals surface area contributed by atoms with Crippen molar-refractivity contribution in [3.8, 4) is 0 Å². The quantitative estimate of drug-likeness (QED) is 0.664. The molecule has 1 N–H and O–H groups in total. The third-order valence-corrected chi connectivity index (χ3v) is 3.23. The standard InChI is InChI=1S/C14H15F2N5O3/c1-8-13(21(23)24)14(20(3)18-8)19(2)7-12(22)17-11-5-9(15)4-10(16)6-11/h4-6H,7H2,1-3H3,(H,17,22). The van der Waals surface area contributed by atoms with Crippen molar-refractivity contribution in [1.82, 2.24) is 9.78 Å². The van der Waals surface area contributed by atoms with Gasteiger partial charge in [-0.25, -0.2) is 13.5 Å². The Morgan fingerprint density at radius 1 is 1.38 bits per heavy atom. The Balaban J connectivity index is 2.16. The molecule has 0 saturated carbocycles. The highest BCUT2D eigenvalue weighted by Gasteiger charge is 2.27. The molecule has 2 rings (SSSR count). The lowest BCUT2D eigenvalue weighted by atomic mass is 10.3. The van der Waals surface area contributed by atoms with Gasteiger partial charge in [-0.3, -0.25) is 14.9 Å². The first kappa shape index (κ1) is 17.3. The number of carbonyl (C=O) groups excluding carboxylic acids is 1. The predicted octanol–water partition coefficient (Wildman–Crippen LogP) is 1.99. The van der Waals surface area contributed by atoms with Crippen LogP contribution in [0, 0.1) is 28.7 Å². The zero-order valence-electron chi connectivity index (χ0n) is 13.2. The Bertz CT molecular complexity index is 786. The largest absolute Gasteiger partial charge is 0.345 e. The number of nitrogens with one attached hydrogen (secondary N) is 1. The highest BCUT2D eigenvalue weighted by molar-refractivity contribution is 5.94. The van der Waals surface area contributed by atoms with Crippen LogP contribution in [0.4, 0.5) is 26.0 Å². The van der Waals surface area contributed by atoms with E-state index in [0.717, 1.165) is 12.1 Å². The molecule has 24 heavy (non-hydrogen) atoms. The van der Waals surface area contributed by atoms with Crippen LogP contribution in [0.1, 0.15) is 5.69 Å². The minimum absolute atomic E-state index is 0.0402. The zero-order chi connectivity index (χ0) is 18.0. The average molecular weight is 339 g/mol. The van der Waals surface area contributed by atoms with Crippen molar-refractivity contribution in [2.45, 2.75) is 6.92 Å². The molecular formula is C14H15F2N5O3. The molecule has 0 saturated heterocycles. The summed E-state index contributed by atoms with van der Waals surface area (Å²) in [5.41, 5.74) is -0.0249. The van der Waals surface area contributed by atoms with E-state index in [1.54, 1.807) is 0 Å². The summed E-state index contributed by atoms with van der Waals surface area (Å²) in [6, 6.07) is 2.62. The van der Waals surface area contributed by atoms with E-state index < -0.39 is 22.5 Å². The van der Waals surface area contributed by atoms with Crippen molar-refractivity contribution < 1.29 is 18.5 Å². The van der Waals surface area contributed by atoms with Gasteiger partial charge in [0.1, 0.15) is 17.3 Å². The molecule has 1 aromatic carbocycles. The summed E-state index contributed by atoms with van der Waals surface area (Å²) >= 11 is 0. The fourth-order valence-corrected chi connectivity index (χ4v) is 2.39. The SMILES string of the molecule is Cc1nn(C)c(N(C)CC(=O)Nc2cc(F)cc(F)c2)c1[N+](=O)[O-]. The summed E-state index contributed by atoms with van der Waals surface area (Å²) in [5, 5.41) is 17.5. The number of hydrogen-bond donors (Lipinski definition) is 1. The first-order chi connectivity index (χ1) is 11.2. The summed E-state index contributed by atoms with van der Waals surface area (Å²) in [4.78, 5) is 23.9. The van der Waals surface area contributed by atoms with Crippen LogP contribution in [0.2, 0.25) is 0 Å². The van der Waals surface area contributed by atoms with Gasteiger partial charge in [0.05, 0.1) is 11.5 Å².